The van der Waals surface area contributed by atoms with Gasteiger partial charge < -0.3 is 34.6 Å². The van der Waals surface area contributed by atoms with Gasteiger partial charge in [0.05, 0.1) is 29.6 Å². The Balaban J connectivity index is 1.52. The highest BCUT2D eigenvalue weighted by Crippen LogP contribution is 2.40. The molecule has 210 valence electrons. The van der Waals surface area contributed by atoms with E-state index >= 15 is 0 Å². The van der Waals surface area contributed by atoms with Crippen LogP contribution in [0.3, 0.4) is 0 Å². The van der Waals surface area contributed by atoms with E-state index in [1.165, 1.54) is 19.6 Å². The molecule has 3 aromatic carbocycles. The Labute approximate surface area is 237 Å². The second-order valence-electron chi connectivity index (χ2n) is 9.86. The number of nitrogens with zero attached hydrogens (tertiary/aromatic N) is 2. The minimum Gasteiger partial charge on any atom is -0.465 e. The van der Waals surface area contributed by atoms with E-state index in [0.29, 0.717) is 62.9 Å². The van der Waals surface area contributed by atoms with Gasteiger partial charge in [-0.3, -0.25) is 9.59 Å². The van der Waals surface area contributed by atoms with Gasteiger partial charge in [0.2, 0.25) is 0 Å². The number of hydrogen-bond donors (Lipinski definition) is 2. The van der Waals surface area contributed by atoms with Gasteiger partial charge in [0.15, 0.2) is 11.5 Å². The number of carbonyl (C=O) groups is 3. The molecule has 2 aliphatic rings. The van der Waals surface area contributed by atoms with Crippen LogP contribution in [0.4, 0.5) is 11.4 Å². The first-order valence-electron chi connectivity index (χ1n) is 12.9. The number of hydrogen-bond acceptors (Lipinski definition) is 8. The Bertz CT molecular complexity index is 1580. The zero-order valence-corrected chi connectivity index (χ0v) is 23.2. The summed E-state index contributed by atoms with van der Waals surface area (Å²) in [4.78, 5) is 42.0. The fourth-order valence-electron chi connectivity index (χ4n) is 4.51. The molecule has 3 aromatic rings. The van der Waals surface area contributed by atoms with Crippen LogP contribution in [0.5, 0.6) is 11.5 Å². The van der Waals surface area contributed by atoms with Crippen molar-refractivity contribution in [3.63, 3.8) is 0 Å². The standard InChI is InChI=1S/C31H30N4O6/c1-34(2)13-14-35(3)30(37)19-5-9-22(10-6-19)32-28(20-8-12-25-26(18-20)41-16-15-40-25)27-23-11-7-21(31(38)39-4)17-24(23)33-29(27)36/h5-12,15-18,32H,13-14H2,1-4H3,(H,33,36). The molecule has 0 saturated heterocycles. The smallest absolute Gasteiger partial charge is 0.337 e. The van der Waals surface area contributed by atoms with Crippen LogP contribution in [0.25, 0.3) is 11.3 Å². The first-order chi connectivity index (χ1) is 19.7. The summed E-state index contributed by atoms with van der Waals surface area (Å²) in [5, 5.41) is 6.24. The van der Waals surface area contributed by atoms with Gasteiger partial charge in [0.1, 0.15) is 12.5 Å². The van der Waals surface area contributed by atoms with Crippen molar-refractivity contribution in [2.24, 2.45) is 0 Å². The van der Waals surface area contributed by atoms with Crippen LogP contribution in [-0.2, 0) is 9.53 Å². The number of anilines is 2. The summed E-state index contributed by atoms with van der Waals surface area (Å²) in [5.41, 5.74) is 4.22. The van der Waals surface area contributed by atoms with Crippen LogP contribution in [0.1, 0.15) is 31.8 Å². The molecule has 0 radical (unpaired) electrons. The molecule has 0 saturated carbocycles. The minimum absolute atomic E-state index is 0.0811. The molecule has 5 rings (SSSR count). The molecule has 10 nitrogen and oxygen atoms in total. The van der Waals surface area contributed by atoms with Crippen molar-refractivity contribution >= 4 is 40.4 Å². The van der Waals surface area contributed by atoms with E-state index < -0.39 is 5.97 Å². The SMILES string of the molecule is COC(=O)c1ccc2c(c1)NC(=O)C2=C(Nc1ccc(C(=O)N(C)CCN(C)C)cc1)c1ccc2c(c1)OC=CO2. The van der Waals surface area contributed by atoms with Crippen LogP contribution in [-0.4, -0.2) is 68.9 Å². The number of benzene rings is 3. The van der Waals surface area contributed by atoms with Crippen molar-refractivity contribution in [1.29, 1.82) is 0 Å². The number of ether oxygens (including phenoxy) is 3. The lowest BCUT2D eigenvalue weighted by atomic mass is 9.98. The molecule has 2 aliphatic heterocycles. The molecule has 0 bridgehead atoms. The predicted octanol–water partition coefficient (Wildman–Crippen LogP) is 4.28. The molecule has 2 heterocycles. The van der Waals surface area contributed by atoms with Gasteiger partial charge in [-0.2, -0.15) is 0 Å². The summed E-state index contributed by atoms with van der Waals surface area (Å²) >= 11 is 0. The Morgan fingerprint density at radius 2 is 1.54 bits per heavy atom. The first-order valence-corrected chi connectivity index (χ1v) is 12.9. The highest BCUT2D eigenvalue weighted by molar-refractivity contribution is 6.37. The Hall–Kier alpha value is -5.09. The maximum absolute atomic E-state index is 13.4. The fraction of sp³-hybridized carbons (Fsp3) is 0.194. The molecule has 0 aromatic heterocycles. The average Bonchev–Trinajstić information content (AvgIpc) is 3.32. The zero-order valence-electron chi connectivity index (χ0n) is 23.2. The molecule has 41 heavy (non-hydrogen) atoms. The average molecular weight is 555 g/mol. The third-order valence-corrected chi connectivity index (χ3v) is 6.74. The number of nitrogens with one attached hydrogen (secondary N) is 2. The second-order valence-corrected chi connectivity index (χ2v) is 9.86. The van der Waals surface area contributed by atoms with Crippen molar-refractivity contribution in [2.45, 2.75) is 0 Å². The number of carbonyl (C=O) groups excluding carboxylic acids is 3. The number of esters is 1. The van der Waals surface area contributed by atoms with Gasteiger partial charge in [-0.25, -0.2) is 4.79 Å². The Kier molecular flexibility index (Phi) is 7.75. The lowest BCUT2D eigenvalue weighted by Gasteiger charge is -2.20. The second kappa shape index (κ2) is 11.6. The number of fused-ring (bicyclic) bond motifs is 2. The number of rotatable bonds is 8. The number of methoxy groups -OCH3 is 1. The lowest BCUT2D eigenvalue weighted by Crippen LogP contribution is -2.33. The van der Waals surface area contributed by atoms with Gasteiger partial charge in [-0.05, 0) is 68.7 Å². The molecule has 0 unspecified atom stereocenters. The fourth-order valence-corrected chi connectivity index (χ4v) is 4.51. The summed E-state index contributed by atoms with van der Waals surface area (Å²) in [6.45, 7) is 1.36. The molecular formula is C31H30N4O6. The summed E-state index contributed by atoms with van der Waals surface area (Å²) in [6, 6.07) is 17.4. The largest absolute Gasteiger partial charge is 0.465 e. The van der Waals surface area contributed by atoms with Gasteiger partial charge in [-0.1, -0.05) is 6.07 Å². The van der Waals surface area contributed by atoms with Crippen LogP contribution < -0.4 is 20.1 Å². The zero-order chi connectivity index (χ0) is 29.1. The van der Waals surface area contributed by atoms with Crippen molar-refractivity contribution in [3.05, 3.63) is 95.4 Å². The van der Waals surface area contributed by atoms with Gasteiger partial charge in [0.25, 0.3) is 11.8 Å². The maximum Gasteiger partial charge on any atom is 0.337 e. The molecule has 2 N–H and O–H groups in total. The summed E-state index contributed by atoms with van der Waals surface area (Å²) in [7, 11) is 7.01. The minimum atomic E-state index is -0.500. The molecule has 0 atom stereocenters. The third kappa shape index (κ3) is 5.78. The van der Waals surface area contributed by atoms with E-state index in [0.717, 1.165) is 6.54 Å². The van der Waals surface area contributed by atoms with E-state index in [4.69, 9.17) is 14.2 Å². The summed E-state index contributed by atoms with van der Waals surface area (Å²) in [6.07, 6.45) is 2.88. The van der Waals surface area contributed by atoms with Crippen molar-refractivity contribution in [2.75, 3.05) is 52.0 Å². The van der Waals surface area contributed by atoms with E-state index in [1.807, 2.05) is 25.1 Å². The maximum atomic E-state index is 13.4. The molecule has 0 spiro atoms. The van der Waals surface area contributed by atoms with Crippen LogP contribution >= 0.6 is 0 Å². The van der Waals surface area contributed by atoms with Crippen molar-refractivity contribution in [3.8, 4) is 11.5 Å². The molecule has 0 fully saturated rings. The highest BCUT2D eigenvalue weighted by Gasteiger charge is 2.30. The van der Waals surface area contributed by atoms with Gasteiger partial charge in [0, 0.05) is 42.5 Å². The lowest BCUT2D eigenvalue weighted by molar-refractivity contribution is -0.110. The summed E-state index contributed by atoms with van der Waals surface area (Å²) < 4.78 is 16.0. The Morgan fingerprint density at radius 3 is 2.24 bits per heavy atom. The molecule has 2 amide bonds. The van der Waals surface area contributed by atoms with Crippen molar-refractivity contribution < 1.29 is 28.6 Å². The predicted molar refractivity (Wildman–Crippen MR) is 156 cm³/mol. The van der Waals surface area contributed by atoms with Crippen molar-refractivity contribution in [1.82, 2.24) is 9.80 Å². The van der Waals surface area contributed by atoms with E-state index in [1.54, 1.807) is 66.5 Å². The quantitative estimate of drug-likeness (QED) is 0.314. The van der Waals surface area contributed by atoms with Crippen LogP contribution in [0.2, 0.25) is 0 Å². The number of amides is 2. The highest BCUT2D eigenvalue weighted by atomic mass is 16.5. The summed E-state index contributed by atoms with van der Waals surface area (Å²) in [5.74, 6) is 0.114. The normalized spacial score (nSPS) is 14.3. The topological polar surface area (TPSA) is 109 Å². The van der Waals surface area contributed by atoms with E-state index in [9.17, 15) is 14.4 Å². The molecule has 10 heteroatoms. The first kappa shape index (κ1) is 27.5. The van der Waals surface area contributed by atoms with Crippen LogP contribution in [0.15, 0.2) is 73.2 Å². The van der Waals surface area contributed by atoms with E-state index in [2.05, 4.69) is 10.6 Å². The Morgan fingerprint density at radius 1 is 0.854 bits per heavy atom. The molecule has 0 aliphatic carbocycles. The van der Waals surface area contributed by atoms with Gasteiger partial charge in [-0.15, -0.1) is 0 Å². The van der Waals surface area contributed by atoms with Crippen LogP contribution in [0, 0.1) is 0 Å². The van der Waals surface area contributed by atoms with Gasteiger partial charge >= 0.3 is 5.97 Å². The molecular weight excluding hydrogens is 524 g/mol. The third-order valence-electron chi connectivity index (χ3n) is 6.74. The number of likely N-dealkylation sites (N-methyl/N-ethyl adjacent to an activating group) is 2. The monoisotopic (exact) mass is 554 g/mol. The van der Waals surface area contributed by atoms with E-state index in [-0.39, 0.29) is 11.8 Å².